The average Bonchev–Trinajstić information content (AvgIpc) is 2.51. The van der Waals surface area contributed by atoms with Gasteiger partial charge in [-0.05, 0) is 12.5 Å². The lowest BCUT2D eigenvalue weighted by Gasteiger charge is -2.12. The van der Waals surface area contributed by atoms with Crippen LogP contribution in [0, 0.1) is 0 Å². The third kappa shape index (κ3) is 2.32. The van der Waals surface area contributed by atoms with E-state index in [9.17, 15) is 0 Å². The van der Waals surface area contributed by atoms with Crippen molar-refractivity contribution in [2.45, 2.75) is 24.6 Å². The van der Waals surface area contributed by atoms with Gasteiger partial charge in [0.15, 0.2) is 0 Å². The Hall–Kier alpha value is -0.900. The first-order valence-electron chi connectivity index (χ1n) is 4.83. The number of anilines is 2. The Labute approximate surface area is 88.5 Å². The zero-order valence-electron chi connectivity index (χ0n) is 8.23. The number of hydrogen-bond acceptors (Lipinski definition) is 4. The molecule has 4 heteroatoms. The van der Waals surface area contributed by atoms with Crippen molar-refractivity contribution in [3.63, 3.8) is 0 Å². The van der Waals surface area contributed by atoms with Gasteiger partial charge in [0.2, 0.25) is 0 Å². The highest BCUT2D eigenvalue weighted by Crippen LogP contribution is 2.28. The zero-order chi connectivity index (χ0) is 9.97. The van der Waals surface area contributed by atoms with Crippen LogP contribution in [0.2, 0.25) is 0 Å². The zero-order valence-corrected chi connectivity index (χ0v) is 9.05. The van der Waals surface area contributed by atoms with E-state index in [1.54, 1.807) is 6.20 Å². The first-order valence-corrected chi connectivity index (χ1v) is 5.88. The monoisotopic (exact) mass is 209 g/mol. The molecule has 0 aromatic carbocycles. The van der Waals surface area contributed by atoms with Crippen LogP contribution in [-0.2, 0) is 0 Å². The standard InChI is InChI=1S/C10H15N3S/c1-7-4-9(6-14-7)13-8-2-3-12-10(11)5-8/h2-3,5,7,9H,4,6H2,1H3,(H3,11,12,13). The number of nitrogen functional groups attached to an aromatic ring is 1. The first kappa shape index (κ1) is 9.65. The van der Waals surface area contributed by atoms with Gasteiger partial charge >= 0.3 is 0 Å². The Kier molecular flexibility index (Phi) is 2.82. The van der Waals surface area contributed by atoms with Crippen LogP contribution in [0.1, 0.15) is 13.3 Å². The summed E-state index contributed by atoms with van der Waals surface area (Å²) in [5.74, 6) is 1.76. The van der Waals surface area contributed by atoms with Gasteiger partial charge in [-0.2, -0.15) is 11.8 Å². The van der Waals surface area contributed by atoms with Gasteiger partial charge in [0, 0.05) is 35.0 Å². The molecular formula is C10H15N3S. The fourth-order valence-electron chi connectivity index (χ4n) is 1.69. The smallest absolute Gasteiger partial charge is 0.125 e. The summed E-state index contributed by atoms with van der Waals surface area (Å²) >= 11 is 2.02. The van der Waals surface area contributed by atoms with Gasteiger partial charge in [0.05, 0.1) is 0 Å². The highest BCUT2D eigenvalue weighted by molar-refractivity contribution is 8.00. The number of rotatable bonds is 2. The molecule has 0 spiro atoms. The summed E-state index contributed by atoms with van der Waals surface area (Å²) in [7, 11) is 0. The van der Waals surface area contributed by atoms with Gasteiger partial charge < -0.3 is 11.1 Å². The molecule has 14 heavy (non-hydrogen) atoms. The average molecular weight is 209 g/mol. The van der Waals surface area contributed by atoms with Crippen molar-refractivity contribution in [3.8, 4) is 0 Å². The molecule has 1 aromatic heterocycles. The molecule has 0 bridgehead atoms. The van der Waals surface area contributed by atoms with E-state index in [-0.39, 0.29) is 0 Å². The lowest BCUT2D eigenvalue weighted by Crippen LogP contribution is -2.18. The van der Waals surface area contributed by atoms with Crippen LogP contribution in [0.15, 0.2) is 18.3 Å². The summed E-state index contributed by atoms with van der Waals surface area (Å²) in [6.07, 6.45) is 2.97. The third-order valence-electron chi connectivity index (χ3n) is 2.35. The highest BCUT2D eigenvalue weighted by atomic mass is 32.2. The van der Waals surface area contributed by atoms with E-state index in [0.29, 0.717) is 11.9 Å². The molecule has 2 atom stereocenters. The van der Waals surface area contributed by atoms with Crippen molar-refractivity contribution in [1.82, 2.24) is 4.98 Å². The number of pyridine rings is 1. The Balaban J connectivity index is 1.97. The number of nitrogens with two attached hydrogens (primary N) is 1. The van der Waals surface area contributed by atoms with Crippen LogP contribution in [-0.4, -0.2) is 22.0 Å². The maximum atomic E-state index is 5.60. The SMILES string of the molecule is CC1CC(Nc2ccnc(N)c2)CS1. The van der Waals surface area contributed by atoms with Gasteiger partial charge in [0.25, 0.3) is 0 Å². The van der Waals surface area contributed by atoms with E-state index in [1.165, 1.54) is 12.2 Å². The molecule has 3 N–H and O–H groups in total. The first-order chi connectivity index (χ1) is 6.74. The molecule has 1 aliphatic rings. The summed E-state index contributed by atoms with van der Waals surface area (Å²) in [6.45, 7) is 2.27. The van der Waals surface area contributed by atoms with Crippen LogP contribution < -0.4 is 11.1 Å². The lowest BCUT2D eigenvalue weighted by molar-refractivity contribution is 0.747. The second-order valence-corrected chi connectivity index (χ2v) is 5.16. The molecule has 2 heterocycles. The van der Waals surface area contributed by atoms with E-state index < -0.39 is 0 Å². The number of nitrogens with zero attached hydrogens (tertiary/aromatic N) is 1. The van der Waals surface area contributed by atoms with E-state index in [1.807, 2.05) is 23.9 Å². The summed E-state index contributed by atoms with van der Waals surface area (Å²) in [6, 6.07) is 4.43. The van der Waals surface area contributed by atoms with Crippen molar-refractivity contribution in [1.29, 1.82) is 0 Å². The highest BCUT2D eigenvalue weighted by Gasteiger charge is 2.21. The van der Waals surface area contributed by atoms with E-state index in [4.69, 9.17) is 5.73 Å². The third-order valence-corrected chi connectivity index (χ3v) is 3.71. The molecule has 0 amide bonds. The summed E-state index contributed by atoms with van der Waals surface area (Å²) in [5, 5.41) is 4.24. The normalized spacial score (nSPS) is 26.4. The molecule has 1 aromatic rings. The van der Waals surface area contributed by atoms with E-state index in [0.717, 1.165) is 10.9 Å². The molecule has 2 rings (SSSR count). The van der Waals surface area contributed by atoms with Crippen molar-refractivity contribution in [2.75, 3.05) is 16.8 Å². The fourth-order valence-corrected chi connectivity index (χ4v) is 2.84. The molecule has 0 radical (unpaired) electrons. The molecule has 1 aliphatic heterocycles. The minimum absolute atomic E-state index is 0.577. The fraction of sp³-hybridized carbons (Fsp3) is 0.500. The van der Waals surface area contributed by atoms with Gasteiger partial charge in [0.1, 0.15) is 5.82 Å². The number of hydrogen-bond donors (Lipinski definition) is 2. The molecule has 76 valence electrons. The largest absolute Gasteiger partial charge is 0.384 e. The van der Waals surface area contributed by atoms with Gasteiger partial charge in [-0.1, -0.05) is 6.92 Å². The summed E-state index contributed by atoms with van der Waals surface area (Å²) in [5.41, 5.74) is 6.68. The number of thioether (sulfide) groups is 1. The van der Waals surface area contributed by atoms with Crippen LogP contribution >= 0.6 is 11.8 Å². The molecule has 3 nitrogen and oxygen atoms in total. The Morgan fingerprint density at radius 2 is 2.50 bits per heavy atom. The van der Waals surface area contributed by atoms with E-state index >= 15 is 0 Å². The van der Waals surface area contributed by atoms with Crippen LogP contribution in [0.5, 0.6) is 0 Å². The van der Waals surface area contributed by atoms with Crippen LogP contribution in [0.25, 0.3) is 0 Å². The second kappa shape index (κ2) is 4.09. The van der Waals surface area contributed by atoms with Crippen molar-refractivity contribution in [2.24, 2.45) is 0 Å². The molecule has 0 saturated carbocycles. The van der Waals surface area contributed by atoms with Crippen molar-refractivity contribution < 1.29 is 0 Å². The topological polar surface area (TPSA) is 50.9 Å². The quantitative estimate of drug-likeness (QED) is 0.782. The molecule has 0 aliphatic carbocycles. The van der Waals surface area contributed by atoms with Crippen molar-refractivity contribution in [3.05, 3.63) is 18.3 Å². The predicted octanol–water partition coefficient (Wildman–Crippen LogP) is 1.97. The van der Waals surface area contributed by atoms with Crippen LogP contribution in [0.4, 0.5) is 11.5 Å². The lowest BCUT2D eigenvalue weighted by atomic mass is 10.2. The van der Waals surface area contributed by atoms with Crippen LogP contribution in [0.3, 0.4) is 0 Å². The Morgan fingerprint density at radius 3 is 3.14 bits per heavy atom. The Morgan fingerprint density at radius 1 is 1.64 bits per heavy atom. The van der Waals surface area contributed by atoms with Gasteiger partial charge in [-0.15, -0.1) is 0 Å². The van der Waals surface area contributed by atoms with Gasteiger partial charge in [-0.25, -0.2) is 4.98 Å². The minimum atomic E-state index is 0.577. The summed E-state index contributed by atoms with van der Waals surface area (Å²) < 4.78 is 0. The summed E-state index contributed by atoms with van der Waals surface area (Å²) in [4.78, 5) is 3.96. The second-order valence-electron chi connectivity index (χ2n) is 3.69. The van der Waals surface area contributed by atoms with Crippen molar-refractivity contribution >= 4 is 23.3 Å². The molecule has 1 fully saturated rings. The van der Waals surface area contributed by atoms with Gasteiger partial charge in [-0.3, -0.25) is 0 Å². The Bertz CT molecular complexity index is 316. The number of aromatic nitrogens is 1. The molecule has 2 unspecified atom stereocenters. The maximum Gasteiger partial charge on any atom is 0.125 e. The predicted molar refractivity (Wildman–Crippen MR) is 62.6 cm³/mol. The molecular weight excluding hydrogens is 194 g/mol. The molecule has 1 saturated heterocycles. The minimum Gasteiger partial charge on any atom is -0.384 e. The maximum absolute atomic E-state index is 5.60. The van der Waals surface area contributed by atoms with E-state index in [2.05, 4.69) is 17.2 Å². The number of nitrogens with one attached hydrogen (secondary N) is 1.